The van der Waals surface area contributed by atoms with Crippen LogP contribution in [0, 0.1) is 6.92 Å². The first kappa shape index (κ1) is 25.7. The fourth-order valence-corrected chi connectivity index (χ4v) is 5.19. The summed E-state index contributed by atoms with van der Waals surface area (Å²) < 4.78 is 6.35. The van der Waals surface area contributed by atoms with E-state index in [1.54, 1.807) is 0 Å². The minimum Gasteiger partial charge on any atom is -0.490 e. The van der Waals surface area contributed by atoms with Gasteiger partial charge in [-0.05, 0) is 78.9 Å². The molecule has 0 aromatic heterocycles. The summed E-state index contributed by atoms with van der Waals surface area (Å²) in [6, 6.07) is 29.0. The molecule has 0 aliphatic carbocycles. The number of hydrogen-bond donors (Lipinski definition) is 2. The highest BCUT2D eigenvalue weighted by atomic mass is 35.5. The van der Waals surface area contributed by atoms with Gasteiger partial charge in [-0.2, -0.15) is 0 Å². The van der Waals surface area contributed by atoms with Crippen LogP contribution in [-0.4, -0.2) is 30.3 Å². The lowest BCUT2D eigenvalue weighted by molar-refractivity contribution is 0.0696. The lowest BCUT2D eigenvalue weighted by atomic mass is 9.82. The number of halogens is 1. The number of aromatic carboxylic acids is 1. The van der Waals surface area contributed by atoms with Crippen molar-refractivity contribution in [1.29, 1.82) is 0 Å². The fourth-order valence-electron chi connectivity index (χ4n) is 5.19. The highest BCUT2D eigenvalue weighted by Crippen LogP contribution is 2.41. The van der Waals surface area contributed by atoms with Gasteiger partial charge in [-0.1, -0.05) is 72.8 Å². The van der Waals surface area contributed by atoms with Gasteiger partial charge in [0.05, 0.1) is 5.56 Å². The van der Waals surface area contributed by atoms with Gasteiger partial charge in [-0.3, -0.25) is 0 Å². The van der Waals surface area contributed by atoms with E-state index in [-0.39, 0.29) is 24.4 Å². The van der Waals surface area contributed by atoms with Crippen LogP contribution in [0.1, 0.15) is 51.4 Å². The van der Waals surface area contributed by atoms with E-state index in [0.717, 1.165) is 54.8 Å². The van der Waals surface area contributed by atoms with Gasteiger partial charge in [0.1, 0.15) is 11.9 Å². The summed E-state index contributed by atoms with van der Waals surface area (Å²) in [5, 5.41) is 15.8. The molecule has 1 aliphatic rings. The number of carbonyl (C=O) groups is 1. The third-order valence-electron chi connectivity index (χ3n) is 7.08. The van der Waals surface area contributed by atoms with E-state index >= 15 is 0 Å². The zero-order valence-electron chi connectivity index (χ0n) is 20.4. The van der Waals surface area contributed by atoms with Crippen molar-refractivity contribution in [3.05, 3.63) is 113 Å². The number of carboxylic acid groups (broad SMARTS) is 1. The Morgan fingerprint density at radius 3 is 2.61 bits per heavy atom. The van der Waals surface area contributed by atoms with Gasteiger partial charge >= 0.3 is 5.97 Å². The molecule has 4 aromatic carbocycles. The highest BCUT2D eigenvalue weighted by Gasteiger charge is 2.29. The van der Waals surface area contributed by atoms with Gasteiger partial charge in [0, 0.05) is 11.5 Å². The first-order chi connectivity index (χ1) is 17.1. The molecule has 0 amide bonds. The molecule has 0 radical (unpaired) electrons. The van der Waals surface area contributed by atoms with Crippen LogP contribution >= 0.6 is 12.4 Å². The Kier molecular flexibility index (Phi) is 8.29. The molecule has 0 fully saturated rings. The van der Waals surface area contributed by atoms with Gasteiger partial charge in [-0.15, -0.1) is 12.4 Å². The molecular weight excluding hydrogens is 470 g/mol. The maximum absolute atomic E-state index is 11.7. The van der Waals surface area contributed by atoms with E-state index in [4.69, 9.17) is 4.74 Å². The molecule has 2 atom stereocenters. The predicted octanol–water partition coefficient (Wildman–Crippen LogP) is 6.77. The highest BCUT2D eigenvalue weighted by molar-refractivity contribution is 5.89. The van der Waals surface area contributed by atoms with Crippen molar-refractivity contribution in [2.45, 2.75) is 38.2 Å². The summed E-state index contributed by atoms with van der Waals surface area (Å²) in [5.41, 5.74) is 4.70. The number of ether oxygens (including phenoxy) is 1. The molecular formula is C31H32ClNO3. The fraction of sp³-hybridized carbons (Fsp3) is 0.258. The molecule has 36 heavy (non-hydrogen) atoms. The van der Waals surface area contributed by atoms with Crippen molar-refractivity contribution >= 4 is 29.1 Å². The molecule has 186 valence electrons. The number of benzene rings is 4. The minimum atomic E-state index is -0.878. The van der Waals surface area contributed by atoms with E-state index in [1.165, 1.54) is 16.3 Å². The second kappa shape index (κ2) is 11.6. The second-order valence-electron chi connectivity index (χ2n) is 9.37. The molecule has 0 unspecified atom stereocenters. The Balaban J connectivity index is 0.00000304. The first-order valence-corrected chi connectivity index (χ1v) is 12.4. The van der Waals surface area contributed by atoms with Crippen LogP contribution in [-0.2, 0) is 6.42 Å². The first-order valence-electron chi connectivity index (χ1n) is 12.4. The summed E-state index contributed by atoms with van der Waals surface area (Å²) in [4.78, 5) is 11.7. The molecule has 0 bridgehead atoms. The number of nitrogens with one attached hydrogen (secondary N) is 1. The maximum Gasteiger partial charge on any atom is 0.335 e. The van der Waals surface area contributed by atoms with Gasteiger partial charge in [0.25, 0.3) is 0 Å². The molecule has 2 N–H and O–H groups in total. The van der Waals surface area contributed by atoms with Crippen LogP contribution in [0.3, 0.4) is 0 Å². The summed E-state index contributed by atoms with van der Waals surface area (Å²) in [6.45, 7) is 3.64. The molecule has 5 rings (SSSR count). The average molecular weight is 502 g/mol. The predicted molar refractivity (Wildman–Crippen MR) is 148 cm³/mol. The van der Waals surface area contributed by atoms with E-state index in [0.29, 0.717) is 5.56 Å². The van der Waals surface area contributed by atoms with Crippen molar-refractivity contribution in [2.75, 3.05) is 13.1 Å². The standard InChI is InChI=1S/C31H31NO3.ClH/c1-21-13-14-24(19-28(21)31(33)34)29-20-25(35-30-12-5-4-11-27(29)30)16-18-32-17-15-23-9-6-8-22-7-2-3-10-26(22)23;/h2-14,19,25,29,32H,15-18,20H2,1H3,(H,33,34);1H/t25-,29+;/m0./s1. The van der Waals surface area contributed by atoms with Crippen LogP contribution in [0.25, 0.3) is 10.8 Å². The molecule has 1 heterocycles. The Morgan fingerprint density at radius 2 is 1.75 bits per heavy atom. The largest absolute Gasteiger partial charge is 0.490 e. The minimum absolute atomic E-state index is 0. The number of carboxylic acids is 1. The van der Waals surface area contributed by atoms with Crippen LogP contribution < -0.4 is 10.1 Å². The van der Waals surface area contributed by atoms with Crippen LogP contribution in [0.15, 0.2) is 84.9 Å². The SMILES string of the molecule is Cc1ccc([C@H]2C[C@H](CCNCCc3cccc4ccccc34)Oc3ccccc32)cc1C(=O)O.Cl. The lowest BCUT2D eigenvalue weighted by Crippen LogP contribution is -2.30. The monoisotopic (exact) mass is 501 g/mol. The van der Waals surface area contributed by atoms with Crippen molar-refractivity contribution in [3.8, 4) is 5.75 Å². The zero-order chi connectivity index (χ0) is 24.2. The van der Waals surface area contributed by atoms with E-state index in [1.807, 2.05) is 37.3 Å². The summed E-state index contributed by atoms with van der Waals surface area (Å²) in [7, 11) is 0. The second-order valence-corrected chi connectivity index (χ2v) is 9.37. The number of aryl methyl sites for hydroxylation is 1. The smallest absolute Gasteiger partial charge is 0.335 e. The number of fused-ring (bicyclic) bond motifs is 2. The topological polar surface area (TPSA) is 58.6 Å². The Hall–Kier alpha value is -3.34. The van der Waals surface area contributed by atoms with Crippen molar-refractivity contribution in [2.24, 2.45) is 0 Å². The van der Waals surface area contributed by atoms with Crippen LogP contribution in [0.4, 0.5) is 0 Å². The van der Waals surface area contributed by atoms with Crippen molar-refractivity contribution in [1.82, 2.24) is 5.32 Å². The van der Waals surface area contributed by atoms with Gasteiger partial charge < -0.3 is 15.2 Å². The van der Waals surface area contributed by atoms with Crippen molar-refractivity contribution < 1.29 is 14.6 Å². The number of rotatable bonds is 8. The average Bonchev–Trinajstić information content (AvgIpc) is 2.88. The Labute approximate surface area is 218 Å². The quantitative estimate of drug-likeness (QED) is 0.261. The van der Waals surface area contributed by atoms with Gasteiger partial charge in [0.15, 0.2) is 0 Å². The number of para-hydroxylation sites is 1. The number of hydrogen-bond acceptors (Lipinski definition) is 3. The zero-order valence-corrected chi connectivity index (χ0v) is 21.3. The molecule has 0 spiro atoms. The summed E-state index contributed by atoms with van der Waals surface area (Å²) >= 11 is 0. The van der Waals surface area contributed by atoms with Crippen LogP contribution in [0.5, 0.6) is 5.75 Å². The van der Waals surface area contributed by atoms with E-state index in [2.05, 4.69) is 59.9 Å². The molecule has 4 nitrogen and oxygen atoms in total. The Bertz CT molecular complexity index is 1350. The molecule has 1 aliphatic heterocycles. The summed E-state index contributed by atoms with van der Waals surface area (Å²) in [5.74, 6) is 0.151. The van der Waals surface area contributed by atoms with E-state index < -0.39 is 5.97 Å². The van der Waals surface area contributed by atoms with E-state index in [9.17, 15) is 9.90 Å². The molecule has 0 saturated heterocycles. The maximum atomic E-state index is 11.7. The molecule has 4 aromatic rings. The summed E-state index contributed by atoms with van der Waals surface area (Å²) in [6.07, 6.45) is 2.80. The normalized spacial score (nSPS) is 16.6. The lowest BCUT2D eigenvalue weighted by Gasteiger charge is -2.33. The van der Waals surface area contributed by atoms with Gasteiger partial charge in [-0.25, -0.2) is 4.79 Å². The Morgan fingerprint density at radius 1 is 0.972 bits per heavy atom. The van der Waals surface area contributed by atoms with Crippen molar-refractivity contribution in [3.63, 3.8) is 0 Å². The third kappa shape index (κ3) is 5.56. The van der Waals surface area contributed by atoms with Crippen LogP contribution in [0.2, 0.25) is 0 Å². The molecule has 0 saturated carbocycles. The third-order valence-corrected chi connectivity index (χ3v) is 7.08. The molecule has 5 heteroatoms. The van der Waals surface area contributed by atoms with Gasteiger partial charge in [0.2, 0.25) is 0 Å².